The predicted molar refractivity (Wildman–Crippen MR) is 71.6 cm³/mol. The molecule has 104 valence electrons. The molecule has 0 bridgehead atoms. The fraction of sp³-hybridized carbons (Fsp3) is 0.0769. The maximum atomic E-state index is 11.9. The molecule has 2 N–H and O–H groups in total. The SMILES string of the molecule is COc1cc(NC(=O)c2ccoc2Cl)ccc1C(=O)O. The highest BCUT2D eigenvalue weighted by Crippen LogP contribution is 2.24. The van der Waals surface area contributed by atoms with E-state index in [0.29, 0.717) is 5.69 Å². The Balaban J connectivity index is 2.24. The van der Waals surface area contributed by atoms with Crippen molar-refractivity contribution in [1.82, 2.24) is 0 Å². The molecule has 0 saturated carbocycles. The fourth-order valence-electron chi connectivity index (χ4n) is 1.60. The number of nitrogens with one attached hydrogen (secondary N) is 1. The van der Waals surface area contributed by atoms with Crippen LogP contribution in [0, 0.1) is 0 Å². The van der Waals surface area contributed by atoms with Gasteiger partial charge in [-0.3, -0.25) is 4.79 Å². The molecule has 0 unspecified atom stereocenters. The van der Waals surface area contributed by atoms with Crippen molar-refractivity contribution in [1.29, 1.82) is 0 Å². The molecule has 1 amide bonds. The third-order valence-electron chi connectivity index (χ3n) is 2.55. The first-order chi connectivity index (χ1) is 9.52. The van der Waals surface area contributed by atoms with Gasteiger partial charge in [0.25, 0.3) is 5.91 Å². The number of carbonyl (C=O) groups is 2. The summed E-state index contributed by atoms with van der Waals surface area (Å²) in [7, 11) is 1.35. The highest BCUT2D eigenvalue weighted by Gasteiger charge is 2.15. The van der Waals surface area contributed by atoms with Crippen LogP contribution in [0.5, 0.6) is 5.75 Å². The van der Waals surface area contributed by atoms with E-state index in [4.69, 9.17) is 25.9 Å². The standard InChI is InChI=1S/C13H10ClNO5/c1-19-10-6-7(2-3-8(10)13(17)18)15-12(16)9-4-5-20-11(9)14/h2-6H,1H3,(H,15,16)(H,17,18). The van der Waals surface area contributed by atoms with Crippen LogP contribution in [0.15, 0.2) is 34.9 Å². The normalized spacial score (nSPS) is 10.1. The maximum absolute atomic E-state index is 11.9. The number of amides is 1. The van der Waals surface area contributed by atoms with E-state index in [1.807, 2.05) is 0 Å². The van der Waals surface area contributed by atoms with E-state index < -0.39 is 11.9 Å². The fourth-order valence-corrected chi connectivity index (χ4v) is 1.80. The van der Waals surface area contributed by atoms with Gasteiger partial charge in [-0.15, -0.1) is 0 Å². The lowest BCUT2D eigenvalue weighted by molar-refractivity contribution is 0.0693. The highest BCUT2D eigenvalue weighted by atomic mass is 35.5. The number of furan rings is 1. The number of ether oxygens (including phenoxy) is 1. The number of benzene rings is 1. The van der Waals surface area contributed by atoms with Gasteiger partial charge in [0.15, 0.2) is 0 Å². The molecule has 0 atom stereocenters. The molecule has 0 aliphatic rings. The van der Waals surface area contributed by atoms with E-state index >= 15 is 0 Å². The molecule has 0 spiro atoms. The van der Waals surface area contributed by atoms with Crippen LogP contribution in [0.2, 0.25) is 5.22 Å². The second-order valence-electron chi connectivity index (χ2n) is 3.78. The van der Waals surface area contributed by atoms with Crippen molar-refractivity contribution in [3.8, 4) is 5.75 Å². The third-order valence-corrected chi connectivity index (χ3v) is 2.85. The lowest BCUT2D eigenvalue weighted by Crippen LogP contribution is -2.12. The number of methoxy groups -OCH3 is 1. The Kier molecular flexibility index (Phi) is 3.95. The number of carboxylic acid groups (broad SMARTS) is 1. The molecule has 2 rings (SSSR count). The van der Waals surface area contributed by atoms with Crippen molar-refractivity contribution >= 4 is 29.2 Å². The quantitative estimate of drug-likeness (QED) is 0.905. The van der Waals surface area contributed by atoms with Crippen molar-refractivity contribution in [2.45, 2.75) is 0 Å². The molecule has 6 nitrogen and oxygen atoms in total. The number of hydrogen-bond acceptors (Lipinski definition) is 4. The summed E-state index contributed by atoms with van der Waals surface area (Å²) < 4.78 is 9.79. The Labute approximate surface area is 118 Å². The summed E-state index contributed by atoms with van der Waals surface area (Å²) in [4.78, 5) is 22.9. The molecule has 1 aromatic heterocycles. The molecule has 1 aromatic carbocycles. The van der Waals surface area contributed by atoms with Gasteiger partial charge in [0.1, 0.15) is 11.3 Å². The minimum absolute atomic E-state index is 0.00634. The van der Waals surface area contributed by atoms with E-state index in [1.165, 1.54) is 37.6 Å². The molecular weight excluding hydrogens is 286 g/mol. The van der Waals surface area contributed by atoms with Gasteiger partial charge in [0, 0.05) is 11.8 Å². The average Bonchev–Trinajstić information content (AvgIpc) is 2.84. The lowest BCUT2D eigenvalue weighted by Gasteiger charge is -2.08. The van der Waals surface area contributed by atoms with Gasteiger partial charge in [0.2, 0.25) is 5.22 Å². The van der Waals surface area contributed by atoms with Gasteiger partial charge >= 0.3 is 5.97 Å². The smallest absolute Gasteiger partial charge is 0.339 e. The monoisotopic (exact) mass is 295 g/mol. The zero-order valence-corrected chi connectivity index (χ0v) is 11.1. The largest absolute Gasteiger partial charge is 0.496 e. The number of halogens is 1. The second kappa shape index (κ2) is 5.66. The predicted octanol–water partition coefficient (Wildman–Crippen LogP) is 2.89. The van der Waals surface area contributed by atoms with Gasteiger partial charge in [0.05, 0.1) is 18.9 Å². The van der Waals surface area contributed by atoms with E-state index in [1.54, 1.807) is 0 Å². The van der Waals surface area contributed by atoms with Crippen molar-refractivity contribution < 1.29 is 23.8 Å². The number of rotatable bonds is 4. The zero-order chi connectivity index (χ0) is 14.7. The zero-order valence-electron chi connectivity index (χ0n) is 10.3. The first-order valence-corrected chi connectivity index (χ1v) is 5.86. The number of aromatic carboxylic acids is 1. The molecule has 0 aliphatic carbocycles. The summed E-state index contributed by atoms with van der Waals surface area (Å²) in [6.45, 7) is 0. The summed E-state index contributed by atoms with van der Waals surface area (Å²) >= 11 is 5.70. The van der Waals surface area contributed by atoms with Crippen molar-refractivity contribution in [3.05, 3.63) is 46.9 Å². The number of hydrogen-bond donors (Lipinski definition) is 2. The second-order valence-corrected chi connectivity index (χ2v) is 4.13. The van der Waals surface area contributed by atoms with E-state index in [-0.39, 0.29) is 22.1 Å². The molecule has 7 heteroatoms. The lowest BCUT2D eigenvalue weighted by atomic mass is 10.1. The van der Waals surface area contributed by atoms with Crippen molar-refractivity contribution in [3.63, 3.8) is 0 Å². The van der Waals surface area contributed by atoms with E-state index in [9.17, 15) is 9.59 Å². The van der Waals surface area contributed by atoms with Gasteiger partial charge in [-0.1, -0.05) is 0 Å². The van der Waals surface area contributed by atoms with Crippen molar-refractivity contribution in [2.75, 3.05) is 12.4 Å². The number of anilines is 1. The Morgan fingerprint density at radius 3 is 2.60 bits per heavy atom. The molecular formula is C13H10ClNO5. The summed E-state index contributed by atoms with van der Waals surface area (Å²) in [5.41, 5.74) is 0.578. The molecule has 20 heavy (non-hydrogen) atoms. The first-order valence-electron chi connectivity index (χ1n) is 5.48. The summed E-state index contributed by atoms with van der Waals surface area (Å²) in [5.74, 6) is -1.43. The van der Waals surface area contributed by atoms with Crippen LogP contribution in [0.3, 0.4) is 0 Å². The van der Waals surface area contributed by atoms with Crippen LogP contribution >= 0.6 is 11.6 Å². The Hall–Kier alpha value is -2.47. The first kappa shape index (κ1) is 14.0. The van der Waals surface area contributed by atoms with Gasteiger partial charge in [-0.25, -0.2) is 4.79 Å². The molecule has 0 aliphatic heterocycles. The van der Waals surface area contributed by atoms with Crippen LogP contribution in [-0.2, 0) is 0 Å². The third kappa shape index (κ3) is 2.75. The average molecular weight is 296 g/mol. The van der Waals surface area contributed by atoms with E-state index in [0.717, 1.165) is 0 Å². The van der Waals surface area contributed by atoms with E-state index in [2.05, 4.69) is 5.32 Å². The van der Waals surface area contributed by atoms with Gasteiger partial charge in [-0.2, -0.15) is 0 Å². The van der Waals surface area contributed by atoms with Crippen LogP contribution in [0.1, 0.15) is 20.7 Å². The number of carbonyl (C=O) groups excluding carboxylic acids is 1. The number of carboxylic acids is 1. The Bertz CT molecular complexity index is 665. The molecule has 1 heterocycles. The highest BCUT2D eigenvalue weighted by molar-refractivity contribution is 6.32. The van der Waals surface area contributed by atoms with Crippen LogP contribution in [-0.4, -0.2) is 24.1 Å². The molecule has 2 aromatic rings. The summed E-state index contributed by atoms with van der Waals surface area (Å²) in [6, 6.07) is 5.64. The maximum Gasteiger partial charge on any atom is 0.339 e. The van der Waals surface area contributed by atoms with Crippen LogP contribution < -0.4 is 10.1 Å². The summed E-state index contributed by atoms with van der Waals surface area (Å²) in [6.07, 6.45) is 1.30. The van der Waals surface area contributed by atoms with Gasteiger partial charge in [-0.05, 0) is 29.8 Å². The Morgan fingerprint density at radius 1 is 1.30 bits per heavy atom. The van der Waals surface area contributed by atoms with Crippen LogP contribution in [0.25, 0.3) is 0 Å². The minimum Gasteiger partial charge on any atom is -0.496 e. The van der Waals surface area contributed by atoms with Crippen molar-refractivity contribution in [2.24, 2.45) is 0 Å². The summed E-state index contributed by atoms with van der Waals surface area (Å²) in [5, 5.41) is 11.5. The molecule has 0 radical (unpaired) electrons. The minimum atomic E-state index is -1.11. The molecule has 0 fully saturated rings. The van der Waals surface area contributed by atoms with Crippen LogP contribution in [0.4, 0.5) is 5.69 Å². The Morgan fingerprint density at radius 2 is 2.05 bits per heavy atom. The van der Waals surface area contributed by atoms with Gasteiger partial charge < -0.3 is 19.6 Å². The topological polar surface area (TPSA) is 88.8 Å². The molecule has 0 saturated heterocycles.